The van der Waals surface area contributed by atoms with Gasteiger partial charge in [0.05, 0.1) is 5.60 Å². The summed E-state index contributed by atoms with van der Waals surface area (Å²) in [7, 11) is 4.13. The van der Waals surface area contributed by atoms with Crippen molar-refractivity contribution < 1.29 is 9.47 Å². The van der Waals surface area contributed by atoms with Crippen LogP contribution in [0.4, 0.5) is 0 Å². The summed E-state index contributed by atoms with van der Waals surface area (Å²) in [4.78, 5) is 2.66. The first kappa shape index (κ1) is 18.5. The van der Waals surface area contributed by atoms with E-state index >= 15 is 0 Å². The van der Waals surface area contributed by atoms with E-state index in [1.54, 1.807) is 7.11 Å². The van der Waals surface area contributed by atoms with Crippen LogP contribution in [0.25, 0.3) is 0 Å². The van der Waals surface area contributed by atoms with E-state index in [0.717, 1.165) is 25.2 Å². The summed E-state index contributed by atoms with van der Waals surface area (Å²) in [6.45, 7) is 1.29. The molecule has 1 unspecified atom stereocenters. The van der Waals surface area contributed by atoms with Crippen molar-refractivity contribution in [3.05, 3.63) is 35.4 Å². The zero-order valence-electron chi connectivity index (χ0n) is 16.6. The van der Waals surface area contributed by atoms with Crippen LogP contribution in [0, 0.1) is 5.92 Å². The molecule has 0 aromatic heterocycles. The van der Waals surface area contributed by atoms with E-state index in [1.807, 2.05) is 0 Å². The Bertz CT molecular complexity index is 588. The van der Waals surface area contributed by atoms with Crippen LogP contribution in [0.5, 0.6) is 0 Å². The third-order valence-electron chi connectivity index (χ3n) is 7.17. The van der Waals surface area contributed by atoms with Crippen LogP contribution in [-0.2, 0) is 21.5 Å². The van der Waals surface area contributed by atoms with E-state index < -0.39 is 0 Å². The number of nitrogens with zero attached hydrogens (tertiary/aromatic N) is 1. The predicted molar refractivity (Wildman–Crippen MR) is 105 cm³/mol. The molecule has 0 radical (unpaired) electrons. The fraction of sp³-hybridized carbons (Fsp3) is 0.739. The molecule has 0 amide bonds. The molecule has 144 valence electrons. The molecule has 3 heteroatoms. The van der Waals surface area contributed by atoms with Crippen LogP contribution in [0.15, 0.2) is 24.3 Å². The number of rotatable bonds is 4. The Morgan fingerprint density at radius 2 is 1.81 bits per heavy atom. The van der Waals surface area contributed by atoms with Crippen molar-refractivity contribution in [2.45, 2.75) is 82.1 Å². The lowest BCUT2D eigenvalue weighted by Gasteiger charge is -2.47. The van der Waals surface area contributed by atoms with E-state index in [-0.39, 0.29) is 11.9 Å². The smallest absolute Gasteiger partial charge is 0.162 e. The zero-order valence-corrected chi connectivity index (χ0v) is 16.6. The fourth-order valence-electron chi connectivity index (χ4n) is 5.63. The van der Waals surface area contributed by atoms with Crippen molar-refractivity contribution in [3.8, 4) is 0 Å². The van der Waals surface area contributed by atoms with E-state index in [2.05, 4.69) is 36.2 Å². The van der Waals surface area contributed by atoms with Crippen LogP contribution in [0.2, 0.25) is 0 Å². The van der Waals surface area contributed by atoms with Crippen molar-refractivity contribution >= 4 is 0 Å². The molecule has 1 aliphatic heterocycles. The van der Waals surface area contributed by atoms with Gasteiger partial charge in [-0.05, 0) is 62.6 Å². The molecule has 2 fully saturated rings. The van der Waals surface area contributed by atoms with Crippen LogP contribution in [0.3, 0.4) is 0 Å². The van der Waals surface area contributed by atoms with Crippen LogP contribution >= 0.6 is 0 Å². The summed E-state index contributed by atoms with van der Waals surface area (Å²) < 4.78 is 12.1. The summed E-state index contributed by atoms with van der Waals surface area (Å²) in [6, 6.07) is 9.56. The van der Waals surface area contributed by atoms with Gasteiger partial charge < -0.3 is 14.4 Å². The molecule has 1 aromatic carbocycles. The Kier molecular flexibility index (Phi) is 5.68. The van der Waals surface area contributed by atoms with Gasteiger partial charge >= 0.3 is 0 Å². The lowest BCUT2D eigenvalue weighted by molar-refractivity contribution is -0.226. The topological polar surface area (TPSA) is 21.7 Å². The van der Waals surface area contributed by atoms with Gasteiger partial charge in [0.25, 0.3) is 0 Å². The number of methoxy groups -OCH3 is 1. The van der Waals surface area contributed by atoms with Crippen molar-refractivity contribution in [1.82, 2.24) is 4.90 Å². The SMILES string of the molecule is COC1Cc2ccccc2C2(CCC(N(C)CC3CCCCC3)CC2)O1. The minimum atomic E-state index is -0.127. The fourth-order valence-corrected chi connectivity index (χ4v) is 5.63. The number of ether oxygens (including phenoxy) is 2. The molecule has 3 aliphatic rings. The first-order valence-electron chi connectivity index (χ1n) is 10.7. The highest BCUT2D eigenvalue weighted by Crippen LogP contribution is 2.46. The quantitative estimate of drug-likeness (QED) is 0.766. The average molecular weight is 358 g/mol. The monoisotopic (exact) mass is 357 g/mol. The highest BCUT2D eigenvalue weighted by atomic mass is 16.7. The van der Waals surface area contributed by atoms with Gasteiger partial charge in [0.15, 0.2) is 6.29 Å². The van der Waals surface area contributed by atoms with Gasteiger partial charge in [0.1, 0.15) is 0 Å². The normalized spacial score (nSPS) is 32.7. The third kappa shape index (κ3) is 3.72. The first-order valence-corrected chi connectivity index (χ1v) is 10.7. The van der Waals surface area contributed by atoms with E-state index in [1.165, 1.54) is 62.6 Å². The molecule has 1 atom stereocenters. The lowest BCUT2D eigenvalue weighted by Crippen LogP contribution is -2.47. The van der Waals surface area contributed by atoms with E-state index in [0.29, 0.717) is 6.04 Å². The highest BCUT2D eigenvalue weighted by Gasteiger charge is 2.44. The second-order valence-corrected chi connectivity index (χ2v) is 8.81. The summed E-state index contributed by atoms with van der Waals surface area (Å²) in [5, 5.41) is 0. The molecule has 1 spiro atoms. The molecular formula is C23H35NO2. The van der Waals surface area contributed by atoms with Crippen LogP contribution in [0.1, 0.15) is 68.9 Å². The van der Waals surface area contributed by atoms with Gasteiger partial charge in [0.2, 0.25) is 0 Å². The summed E-state index contributed by atoms with van der Waals surface area (Å²) in [5.41, 5.74) is 2.71. The summed E-state index contributed by atoms with van der Waals surface area (Å²) >= 11 is 0. The van der Waals surface area contributed by atoms with Gasteiger partial charge in [-0.25, -0.2) is 0 Å². The Morgan fingerprint density at radius 1 is 1.08 bits per heavy atom. The molecule has 0 N–H and O–H groups in total. The van der Waals surface area contributed by atoms with Crippen molar-refractivity contribution in [2.24, 2.45) is 5.92 Å². The molecule has 3 nitrogen and oxygen atoms in total. The van der Waals surface area contributed by atoms with Crippen LogP contribution < -0.4 is 0 Å². The minimum absolute atomic E-state index is 0.0959. The second kappa shape index (κ2) is 8.00. The van der Waals surface area contributed by atoms with Crippen molar-refractivity contribution in [2.75, 3.05) is 20.7 Å². The third-order valence-corrected chi connectivity index (χ3v) is 7.17. The number of fused-ring (bicyclic) bond motifs is 2. The van der Waals surface area contributed by atoms with Crippen LogP contribution in [-0.4, -0.2) is 37.9 Å². The summed E-state index contributed by atoms with van der Waals surface area (Å²) in [5.74, 6) is 0.925. The van der Waals surface area contributed by atoms with Gasteiger partial charge in [-0.15, -0.1) is 0 Å². The molecule has 1 heterocycles. The average Bonchev–Trinajstić information content (AvgIpc) is 2.69. The van der Waals surface area contributed by atoms with Crippen molar-refractivity contribution in [3.63, 3.8) is 0 Å². The molecule has 1 aromatic rings. The van der Waals surface area contributed by atoms with E-state index in [4.69, 9.17) is 9.47 Å². The highest BCUT2D eigenvalue weighted by molar-refractivity contribution is 5.35. The standard InChI is InChI=1S/C23H35NO2/c1-24(17-18-8-4-3-5-9-18)20-12-14-23(15-13-20)21-11-7-6-10-19(21)16-22(25-2)26-23/h6-7,10-11,18,20,22H,3-5,8-9,12-17H2,1-2H3. The van der Waals surface area contributed by atoms with Gasteiger partial charge in [0, 0.05) is 26.1 Å². The Balaban J connectivity index is 1.42. The molecular weight excluding hydrogens is 322 g/mol. The summed E-state index contributed by atoms with van der Waals surface area (Å²) in [6.07, 6.45) is 12.7. The Morgan fingerprint density at radius 3 is 2.54 bits per heavy atom. The van der Waals surface area contributed by atoms with E-state index in [9.17, 15) is 0 Å². The maximum absolute atomic E-state index is 6.53. The lowest BCUT2D eigenvalue weighted by atomic mass is 9.74. The largest absolute Gasteiger partial charge is 0.356 e. The number of hydrogen-bond acceptors (Lipinski definition) is 3. The minimum Gasteiger partial charge on any atom is -0.356 e. The van der Waals surface area contributed by atoms with Crippen molar-refractivity contribution in [1.29, 1.82) is 0 Å². The molecule has 4 rings (SSSR count). The van der Waals surface area contributed by atoms with Gasteiger partial charge in [-0.2, -0.15) is 0 Å². The molecule has 2 saturated carbocycles. The van der Waals surface area contributed by atoms with Gasteiger partial charge in [-0.3, -0.25) is 0 Å². The first-order chi connectivity index (χ1) is 12.7. The maximum Gasteiger partial charge on any atom is 0.162 e. The molecule has 0 bridgehead atoms. The molecule has 2 aliphatic carbocycles. The zero-order chi connectivity index (χ0) is 18.0. The maximum atomic E-state index is 6.53. The predicted octanol–water partition coefficient (Wildman–Crippen LogP) is 4.88. The Labute approximate surface area is 159 Å². The number of benzene rings is 1. The molecule has 0 saturated heterocycles. The van der Waals surface area contributed by atoms with Gasteiger partial charge in [-0.1, -0.05) is 43.5 Å². The molecule has 26 heavy (non-hydrogen) atoms. The number of hydrogen-bond donors (Lipinski definition) is 0. The Hall–Kier alpha value is -0.900. The second-order valence-electron chi connectivity index (χ2n) is 8.81.